The molecule has 0 fully saturated rings. The first-order valence-electron chi connectivity index (χ1n) is 12.7. The molecule has 0 atom stereocenters. The van der Waals surface area contributed by atoms with Gasteiger partial charge in [-0.1, -0.05) is 79.4 Å². The Kier molecular flexibility index (Phi) is 7.87. The van der Waals surface area contributed by atoms with Crippen LogP contribution in [-0.2, 0) is 12.0 Å². The minimum Gasteiger partial charge on any atom is -0.321 e. The molecule has 10 nitrogen and oxygen atoms in total. The summed E-state index contributed by atoms with van der Waals surface area (Å²) < 4.78 is 1.62. The van der Waals surface area contributed by atoms with Crippen molar-refractivity contribution < 1.29 is 9.59 Å². The second kappa shape index (κ2) is 11.5. The van der Waals surface area contributed by atoms with Crippen molar-refractivity contribution in [1.82, 2.24) is 30.4 Å². The zero-order chi connectivity index (χ0) is 29.1. The van der Waals surface area contributed by atoms with Gasteiger partial charge in [0.15, 0.2) is 0 Å². The monoisotopic (exact) mass is 588 g/mol. The van der Waals surface area contributed by atoms with Gasteiger partial charge in [0.25, 0.3) is 17.8 Å². The van der Waals surface area contributed by atoms with E-state index in [0.29, 0.717) is 32.7 Å². The Bertz CT molecular complexity index is 1690. The third-order valence-electron chi connectivity index (χ3n) is 6.36. The lowest BCUT2D eigenvalue weighted by atomic mass is 9.87. The van der Waals surface area contributed by atoms with Crippen molar-refractivity contribution in [2.24, 2.45) is 0 Å². The van der Waals surface area contributed by atoms with Crippen LogP contribution in [0.15, 0.2) is 72.8 Å². The third-order valence-corrected chi connectivity index (χ3v) is 7.09. The number of H-pyrrole nitrogens is 1. The molecule has 0 spiro atoms. The van der Waals surface area contributed by atoms with E-state index in [1.54, 1.807) is 53.2 Å². The lowest BCUT2D eigenvalue weighted by Gasteiger charge is -2.19. The quantitative estimate of drug-likeness (QED) is 0.207. The molecule has 3 N–H and O–H groups in total. The number of anilines is 2. The molecule has 0 saturated heterocycles. The van der Waals surface area contributed by atoms with Crippen molar-refractivity contribution in [3.8, 4) is 11.3 Å². The predicted octanol–water partition coefficient (Wildman–Crippen LogP) is 6.22. The summed E-state index contributed by atoms with van der Waals surface area (Å²) >= 11 is 12.4. The summed E-state index contributed by atoms with van der Waals surface area (Å²) in [6.45, 7) is 6.68. The van der Waals surface area contributed by atoms with Crippen LogP contribution in [0.4, 0.5) is 11.6 Å². The number of nitrogens with zero attached hydrogens (tertiary/aromatic N) is 5. The molecule has 208 valence electrons. The summed E-state index contributed by atoms with van der Waals surface area (Å²) in [5.41, 5.74) is 4.70. The normalized spacial score (nSPS) is 11.3. The van der Waals surface area contributed by atoms with Crippen molar-refractivity contribution in [3.05, 3.63) is 105 Å². The second-order valence-corrected chi connectivity index (χ2v) is 11.2. The lowest BCUT2D eigenvalue weighted by molar-refractivity contribution is 0.101. The molecule has 0 aliphatic heterocycles. The summed E-state index contributed by atoms with van der Waals surface area (Å²) in [6.07, 6.45) is 0. The number of aromatic nitrogens is 6. The molecule has 2 heterocycles. The van der Waals surface area contributed by atoms with Gasteiger partial charge in [-0.15, -0.1) is 5.10 Å². The van der Waals surface area contributed by atoms with Crippen LogP contribution in [-0.4, -0.2) is 42.2 Å². The minimum atomic E-state index is -0.378. The highest BCUT2D eigenvalue weighted by atomic mass is 35.5. The van der Waals surface area contributed by atoms with Crippen molar-refractivity contribution in [2.45, 2.75) is 32.7 Å². The van der Waals surface area contributed by atoms with Gasteiger partial charge < -0.3 is 5.32 Å². The minimum absolute atomic E-state index is 0.000830. The zero-order valence-electron chi connectivity index (χ0n) is 22.4. The Morgan fingerprint density at radius 3 is 2.24 bits per heavy atom. The van der Waals surface area contributed by atoms with E-state index in [1.165, 1.54) is 0 Å². The number of halogens is 2. The van der Waals surface area contributed by atoms with Crippen molar-refractivity contribution in [2.75, 3.05) is 10.6 Å². The molecule has 0 unspecified atom stereocenters. The fourth-order valence-electron chi connectivity index (χ4n) is 4.09. The summed E-state index contributed by atoms with van der Waals surface area (Å²) in [5, 5.41) is 24.2. The van der Waals surface area contributed by atoms with E-state index in [1.807, 2.05) is 24.3 Å². The maximum atomic E-state index is 13.5. The van der Waals surface area contributed by atoms with Gasteiger partial charge in [0, 0.05) is 16.8 Å². The predicted molar refractivity (Wildman–Crippen MR) is 158 cm³/mol. The molecule has 41 heavy (non-hydrogen) atoms. The van der Waals surface area contributed by atoms with E-state index in [4.69, 9.17) is 28.3 Å². The van der Waals surface area contributed by atoms with Crippen molar-refractivity contribution in [3.63, 3.8) is 0 Å². The van der Waals surface area contributed by atoms with E-state index in [9.17, 15) is 9.59 Å². The van der Waals surface area contributed by atoms with Crippen molar-refractivity contribution in [1.29, 1.82) is 0 Å². The molecule has 2 aromatic heterocycles. The number of amides is 2. The SMILES string of the molecule is CC(C)(C)c1ccc(NC(=O)c2cc(-c3ccc(Cl)c(Cl)c3)nn2Cc2ccc(C(=O)Nc3nn[nH]n3)cc2)cc1. The molecule has 5 rings (SSSR count). The van der Waals surface area contributed by atoms with Gasteiger partial charge >= 0.3 is 0 Å². The van der Waals surface area contributed by atoms with Gasteiger partial charge in [-0.05, 0) is 64.2 Å². The second-order valence-electron chi connectivity index (χ2n) is 10.4. The van der Waals surface area contributed by atoms with E-state index < -0.39 is 0 Å². The Morgan fingerprint density at radius 2 is 1.61 bits per heavy atom. The first kappa shape index (κ1) is 28.0. The van der Waals surface area contributed by atoms with Gasteiger partial charge in [0.05, 0.1) is 22.3 Å². The summed E-state index contributed by atoms with van der Waals surface area (Å²) in [7, 11) is 0. The van der Waals surface area contributed by atoms with Crippen LogP contribution >= 0.6 is 23.2 Å². The number of nitrogens with one attached hydrogen (secondary N) is 3. The number of rotatable bonds is 7. The van der Waals surface area contributed by atoms with E-state index >= 15 is 0 Å². The molecule has 0 radical (unpaired) electrons. The number of aromatic amines is 1. The molecular weight excluding hydrogens is 563 g/mol. The molecule has 0 bridgehead atoms. The Labute approximate surface area is 246 Å². The van der Waals surface area contributed by atoms with Gasteiger partial charge in [0.2, 0.25) is 0 Å². The first-order valence-corrected chi connectivity index (χ1v) is 13.4. The average molecular weight is 589 g/mol. The molecule has 0 aliphatic carbocycles. The Morgan fingerprint density at radius 1 is 0.878 bits per heavy atom. The van der Waals surface area contributed by atoms with Gasteiger partial charge in [-0.2, -0.15) is 10.3 Å². The van der Waals surface area contributed by atoms with Crippen molar-refractivity contribution >= 4 is 46.7 Å². The number of hydrogen-bond donors (Lipinski definition) is 3. The Hall–Kier alpha value is -4.54. The molecule has 0 aliphatic rings. The standard InChI is InChI=1S/C29H26Cl2N8O2/c1-29(2,3)20-9-11-21(12-10-20)32-27(41)25-15-24(19-8-13-22(30)23(31)14-19)36-39(25)16-17-4-6-18(7-5-17)26(40)33-28-34-37-38-35-28/h4-15H,16H2,1-3H3,(H,32,41)(H2,33,34,35,37,38,40). The molecule has 2 amide bonds. The highest BCUT2D eigenvalue weighted by molar-refractivity contribution is 6.42. The topological polar surface area (TPSA) is 130 Å². The molecule has 5 aromatic rings. The van der Waals surface area contributed by atoms with Crippen LogP contribution in [0.5, 0.6) is 0 Å². The first-order chi connectivity index (χ1) is 19.6. The summed E-state index contributed by atoms with van der Waals surface area (Å²) in [5.74, 6) is -0.617. The smallest absolute Gasteiger partial charge is 0.273 e. The molecule has 0 saturated carbocycles. The van der Waals surface area contributed by atoms with Gasteiger partial charge in [0.1, 0.15) is 5.69 Å². The summed E-state index contributed by atoms with van der Waals surface area (Å²) in [4.78, 5) is 25.9. The molecule has 3 aromatic carbocycles. The van der Waals surface area contributed by atoms with E-state index in [2.05, 4.69) is 52.0 Å². The molecular formula is C29H26Cl2N8O2. The van der Waals surface area contributed by atoms with Crippen LogP contribution in [0.2, 0.25) is 10.0 Å². The average Bonchev–Trinajstić information content (AvgIpc) is 3.61. The fourth-order valence-corrected chi connectivity index (χ4v) is 4.39. The van der Waals surface area contributed by atoms with Crippen LogP contribution in [0.25, 0.3) is 11.3 Å². The maximum absolute atomic E-state index is 13.5. The maximum Gasteiger partial charge on any atom is 0.273 e. The number of carbonyl (C=O) groups is 2. The largest absolute Gasteiger partial charge is 0.321 e. The number of carbonyl (C=O) groups excluding carboxylic acids is 2. The highest BCUT2D eigenvalue weighted by Crippen LogP contribution is 2.29. The number of benzene rings is 3. The van der Waals surface area contributed by atoms with Crippen LogP contribution in [0.1, 0.15) is 52.7 Å². The van der Waals surface area contributed by atoms with E-state index in [0.717, 1.165) is 16.7 Å². The fraction of sp³-hybridized carbons (Fsp3) is 0.172. The lowest BCUT2D eigenvalue weighted by Crippen LogP contribution is -2.18. The third kappa shape index (κ3) is 6.62. The van der Waals surface area contributed by atoms with Crippen LogP contribution < -0.4 is 10.6 Å². The van der Waals surface area contributed by atoms with Gasteiger partial charge in [-0.3, -0.25) is 19.6 Å². The Balaban J connectivity index is 1.41. The van der Waals surface area contributed by atoms with Gasteiger partial charge in [-0.25, -0.2) is 0 Å². The van der Waals surface area contributed by atoms with E-state index in [-0.39, 0.29) is 29.7 Å². The number of tetrazole rings is 1. The highest BCUT2D eigenvalue weighted by Gasteiger charge is 2.19. The molecule has 12 heteroatoms. The van der Waals surface area contributed by atoms with Crippen LogP contribution in [0.3, 0.4) is 0 Å². The number of hydrogen-bond acceptors (Lipinski definition) is 6. The summed E-state index contributed by atoms with van der Waals surface area (Å²) in [6, 6.07) is 21.6. The zero-order valence-corrected chi connectivity index (χ0v) is 24.0. The van der Waals surface area contributed by atoms with Crippen LogP contribution in [0, 0.1) is 0 Å².